The van der Waals surface area contributed by atoms with E-state index in [0.717, 1.165) is 23.4 Å². The van der Waals surface area contributed by atoms with Crippen molar-refractivity contribution in [1.82, 2.24) is 9.88 Å². The van der Waals surface area contributed by atoms with Crippen molar-refractivity contribution in [2.45, 2.75) is 18.8 Å². The molecule has 3 fully saturated rings. The van der Waals surface area contributed by atoms with Gasteiger partial charge in [-0.3, -0.25) is 0 Å². The molecule has 0 aliphatic carbocycles. The normalized spacial score (nSPS) is 31.1. The summed E-state index contributed by atoms with van der Waals surface area (Å²) in [5.41, 5.74) is 2.38. The van der Waals surface area contributed by atoms with Gasteiger partial charge in [0.25, 0.3) is 0 Å². The van der Waals surface area contributed by atoms with Crippen LogP contribution in [0.5, 0.6) is 0 Å². The molecule has 3 saturated heterocycles. The first-order valence-electron chi connectivity index (χ1n) is 6.80. The lowest BCUT2D eigenvalue weighted by molar-refractivity contribution is 0.0876. The molecule has 2 bridgehead atoms. The standard InChI is InChI=1S/C15H17FN2/c16-11-1-2-15-12(7-11)13(8-17-15)14-9-18-5-3-10(14)4-6-18/h1-2,7-8,10,14,17H,3-6,9H2. The number of aromatic amines is 1. The maximum atomic E-state index is 13.4. The number of hydrogen-bond acceptors (Lipinski definition) is 1. The fourth-order valence-corrected chi connectivity index (χ4v) is 3.74. The molecule has 0 saturated carbocycles. The summed E-state index contributed by atoms with van der Waals surface area (Å²) in [6.07, 6.45) is 4.69. The molecule has 1 unspecified atom stereocenters. The summed E-state index contributed by atoms with van der Waals surface area (Å²) in [4.78, 5) is 5.83. The van der Waals surface area contributed by atoms with Crippen molar-refractivity contribution in [2.75, 3.05) is 19.6 Å². The summed E-state index contributed by atoms with van der Waals surface area (Å²) >= 11 is 0. The van der Waals surface area contributed by atoms with Crippen LogP contribution >= 0.6 is 0 Å². The second-order valence-electron chi connectivity index (χ2n) is 5.68. The summed E-state index contributed by atoms with van der Waals surface area (Å²) in [7, 11) is 0. The third-order valence-electron chi connectivity index (χ3n) is 4.73. The van der Waals surface area contributed by atoms with E-state index in [-0.39, 0.29) is 5.82 Å². The fourth-order valence-electron chi connectivity index (χ4n) is 3.74. The summed E-state index contributed by atoms with van der Waals surface area (Å²) in [6, 6.07) is 5.05. The molecule has 2 nitrogen and oxygen atoms in total. The number of hydrogen-bond donors (Lipinski definition) is 1. The van der Waals surface area contributed by atoms with Crippen molar-refractivity contribution < 1.29 is 4.39 Å². The average molecular weight is 244 g/mol. The molecule has 3 aliphatic heterocycles. The van der Waals surface area contributed by atoms with Crippen molar-refractivity contribution in [3.63, 3.8) is 0 Å². The van der Waals surface area contributed by atoms with Crippen LogP contribution in [0.3, 0.4) is 0 Å². The zero-order valence-corrected chi connectivity index (χ0v) is 10.3. The van der Waals surface area contributed by atoms with Gasteiger partial charge in [0.05, 0.1) is 0 Å². The van der Waals surface area contributed by atoms with E-state index >= 15 is 0 Å². The quantitative estimate of drug-likeness (QED) is 0.816. The highest BCUT2D eigenvalue weighted by Crippen LogP contribution is 2.41. The van der Waals surface area contributed by atoms with Gasteiger partial charge < -0.3 is 9.88 Å². The molecule has 18 heavy (non-hydrogen) atoms. The molecule has 5 rings (SSSR count). The van der Waals surface area contributed by atoms with E-state index in [2.05, 4.69) is 16.1 Å². The van der Waals surface area contributed by atoms with Crippen LogP contribution in [0.1, 0.15) is 24.3 Å². The van der Waals surface area contributed by atoms with Crippen LogP contribution in [0.15, 0.2) is 24.4 Å². The van der Waals surface area contributed by atoms with Gasteiger partial charge in [0.1, 0.15) is 5.82 Å². The van der Waals surface area contributed by atoms with Crippen molar-refractivity contribution in [3.8, 4) is 0 Å². The van der Waals surface area contributed by atoms with E-state index in [1.807, 2.05) is 6.07 Å². The molecule has 3 aliphatic rings. The van der Waals surface area contributed by atoms with Gasteiger partial charge in [0.2, 0.25) is 0 Å². The highest BCUT2D eigenvalue weighted by molar-refractivity contribution is 5.83. The lowest BCUT2D eigenvalue weighted by Gasteiger charge is -2.44. The van der Waals surface area contributed by atoms with Crippen molar-refractivity contribution in [2.24, 2.45) is 5.92 Å². The third kappa shape index (κ3) is 1.50. The predicted molar refractivity (Wildman–Crippen MR) is 70.2 cm³/mol. The third-order valence-corrected chi connectivity index (χ3v) is 4.73. The Balaban J connectivity index is 1.80. The van der Waals surface area contributed by atoms with Crippen molar-refractivity contribution >= 4 is 10.9 Å². The Morgan fingerprint density at radius 2 is 2.06 bits per heavy atom. The molecule has 1 atom stereocenters. The molecule has 0 spiro atoms. The second-order valence-corrected chi connectivity index (χ2v) is 5.68. The van der Waals surface area contributed by atoms with Crippen LogP contribution in [-0.2, 0) is 0 Å². The van der Waals surface area contributed by atoms with E-state index in [1.165, 1.54) is 37.6 Å². The van der Waals surface area contributed by atoms with Crippen LogP contribution in [0.4, 0.5) is 4.39 Å². The van der Waals surface area contributed by atoms with Gasteiger partial charge in [-0.2, -0.15) is 0 Å². The first-order chi connectivity index (χ1) is 8.81. The van der Waals surface area contributed by atoms with E-state index in [9.17, 15) is 4.39 Å². The van der Waals surface area contributed by atoms with Gasteiger partial charge in [-0.05, 0) is 55.6 Å². The second kappa shape index (κ2) is 3.82. The Labute approximate surface area is 106 Å². The van der Waals surface area contributed by atoms with Crippen LogP contribution in [0.2, 0.25) is 0 Å². The number of piperidine rings is 3. The minimum absolute atomic E-state index is 0.135. The molecule has 2 aromatic rings. The maximum absolute atomic E-state index is 13.4. The van der Waals surface area contributed by atoms with Crippen molar-refractivity contribution in [3.05, 3.63) is 35.8 Å². The zero-order valence-electron chi connectivity index (χ0n) is 10.3. The fraction of sp³-hybridized carbons (Fsp3) is 0.467. The number of aromatic nitrogens is 1. The number of benzene rings is 1. The lowest BCUT2D eigenvalue weighted by Crippen LogP contribution is -2.46. The summed E-state index contributed by atoms with van der Waals surface area (Å²) in [6.45, 7) is 3.64. The molecular formula is C15H17FN2. The molecule has 1 aromatic heterocycles. The Morgan fingerprint density at radius 1 is 1.22 bits per heavy atom. The van der Waals surface area contributed by atoms with Gasteiger partial charge >= 0.3 is 0 Å². The molecule has 3 heteroatoms. The largest absolute Gasteiger partial charge is 0.361 e. The smallest absolute Gasteiger partial charge is 0.123 e. The highest BCUT2D eigenvalue weighted by Gasteiger charge is 2.35. The molecule has 4 heterocycles. The molecule has 1 N–H and O–H groups in total. The van der Waals surface area contributed by atoms with E-state index in [0.29, 0.717) is 5.92 Å². The van der Waals surface area contributed by atoms with Gasteiger partial charge in [-0.1, -0.05) is 0 Å². The van der Waals surface area contributed by atoms with Crippen LogP contribution in [0.25, 0.3) is 10.9 Å². The average Bonchev–Trinajstić information content (AvgIpc) is 2.83. The summed E-state index contributed by atoms with van der Waals surface area (Å²) in [5.74, 6) is 1.24. The van der Waals surface area contributed by atoms with Gasteiger partial charge in [0.15, 0.2) is 0 Å². The predicted octanol–water partition coefficient (Wildman–Crippen LogP) is 3.12. The number of rotatable bonds is 1. The topological polar surface area (TPSA) is 19.0 Å². The Bertz CT molecular complexity index is 581. The molecule has 94 valence electrons. The summed E-state index contributed by atoms with van der Waals surface area (Å²) < 4.78 is 13.4. The molecule has 1 aromatic carbocycles. The van der Waals surface area contributed by atoms with E-state index in [4.69, 9.17) is 0 Å². The Morgan fingerprint density at radius 3 is 2.78 bits per heavy atom. The number of H-pyrrole nitrogens is 1. The monoisotopic (exact) mass is 244 g/mol. The van der Waals surface area contributed by atoms with E-state index < -0.39 is 0 Å². The van der Waals surface area contributed by atoms with Crippen molar-refractivity contribution in [1.29, 1.82) is 0 Å². The number of fused-ring (bicyclic) bond motifs is 4. The molecule has 0 radical (unpaired) electrons. The molecule has 0 amide bonds. The maximum Gasteiger partial charge on any atom is 0.123 e. The highest BCUT2D eigenvalue weighted by atomic mass is 19.1. The lowest BCUT2D eigenvalue weighted by atomic mass is 9.75. The minimum atomic E-state index is -0.135. The minimum Gasteiger partial charge on any atom is -0.361 e. The zero-order chi connectivity index (χ0) is 12.1. The Kier molecular flexibility index (Phi) is 2.24. The number of nitrogens with zero attached hydrogens (tertiary/aromatic N) is 1. The van der Waals surface area contributed by atoms with E-state index in [1.54, 1.807) is 6.07 Å². The van der Waals surface area contributed by atoms with Crippen LogP contribution in [0, 0.1) is 11.7 Å². The van der Waals surface area contributed by atoms with Crippen LogP contribution in [-0.4, -0.2) is 29.5 Å². The number of nitrogens with one attached hydrogen (secondary N) is 1. The Hall–Kier alpha value is -1.35. The first kappa shape index (κ1) is 10.6. The van der Waals surface area contributed by atoms with Gasteiger partial charge in [-0.25, -0.2) is 4.39 Å². The summed E-state index contributed by atoms with van der Waals surface area (Å²) in [5, 5.41) is 1.08. The van der Waals surface area contributed by atoms with Gasteiger partial charge in [-0.15, -0.1) is 0 Å². The SMILES string of the molecule is Fc1ccc2[nH]cc(C3CN4CCC3CC4)c2c1. The van der Waals surface area contributed by atoms with Crippen LogP contribution < -0.4 is 0 Å². The van der Waals surface area contributed by atoms with Gasteiger partial charge in [0, 0.05) is 29.6 Å². The molecular weight excluding hydrogens is 227 g/mol. The number of halogens is 1. The first-order valence-corrected chi connectivity index (χ1v) is 6.80.